The number of anilines is 1. The maximum atomic E-state index is 12.4. The van der Waals surface area contributed by atoms with Crippen molar-refractivity contribution >= 4 is 23.5 Å². The standard InChI is InChI=1S/C20H26N4OS/c1-3-10-22-19(25)16-5-4-13-24(14-16)18-20(23-12-11-21-18)26-17-8-6-15(2)7-9-17/h6-9,11-12,16H,3-5,10,13-14H2,1-2H3,(H,22,25). The zero-order valence-corrected chi connectivity index (χ0v) is 16.3. The second-order valence-electron chi connectivity index (χ2n) is 6.68. The van der Waals surface area contributed by atoms with Crippen LogP contribution in [0.25, 0.3) is 0 Å². The first-order valence-electron chi connectivity index (χ1n) is 9.25. The predicted octanol–water partition coefficient (Wildman–Crippen LogP) is 3.68. The number of carbonyl (C=O) groups is 1. The van der Waals surface area contributed by atoms with Gasteiger partial charge < -0.3 is 10.2 Å². The second kappa shape index (κ2) is 9.03. The van der Waals surface area contributed by atoms with Crippen LogP contribution in [0.2, 0.25) is 0 Å². The first kappa shape index (κ1) is 18.7. The van der Waals surface area contributed by atoms with E-state index in [1.807, 2.05) is 0 Å². The number of nitrogens with zero attached hydrogens (tertiary/aromatic N) is 3. The lowest BCUT2D eigenvalue weighted by Gasteiger charge is -2.33. The number of aryl methyl sites for hydroxylation is 1. The Hall–Kier alpha value is -2.08. The molecule has 2 heterocycles. The van der Waals surface area contributed by atoms with Gasteiger partial charge in [-0.3, -0.25) is 4.79 Å². The first-order valence-corrected chi connectivity index (χ1v) is 10.1. The van der Waals surface area contributed by atoms with E-state index in [1.165, 1.54) is 5.56 Å². The van der Waals surface area contributed by atoms with Gasteiger partial charge >= 0.3 is 0 Å². The van der Waals surface area contributed by atoms with Gasteiger partial charge in [0, 0.05) is 36.9 Å². The number of nitrogens with one attached hydrogen (secondary N) is 1. The highest BCUT2D eigenvalue weighted by Gasteiger charge is 2.27. The molecule has 0 spiro atoms. The van der Waals surface area contributed by atoms with Crippen LogP contribution in [0.5, 0.6) is 0 Å². The molecule has 1 N–H and O–H groups in total. The molecule has 0 radical (unpaired) electrons. The van der Waals surface area contributed by atoms with E-state index >= 15 is 0 Å². The highest BCUT2D eigenvalue weighted by Crippen LogP contribution is 2.34. The lowest BCUT2D eigenvalue weighted by atomic mass is 9.97. The van der Waals surface area contributed by atoms with E-state index in [-0.39, 0.29) is 11.8 Å². The van der Waals surface area contributed by atoms with Crippen LogP contribution in [-0.4, -0.2) is 35.5 Å². The average molecular weight is 371 g/mol. The van der Waals surface area contributed by atoms with Gasteiger partial charge in [0.1, 0.15) is 5.03 Å². The van der Waals surface area contributed by atoms with Crippen LogP contribution in [0.3, 0.4) is 0 Å². The van der Waals surface area contributed by atoms with Gasteiger partial charge in [0.05, 0.1) is 5.92 Å². The van der Waals surface area contributed by atoms with E-state index in [0.29, 0.717) is 6.54 Å². The van der Waals surface area contributed by atoms with E-state index in [1.54, 1.807) is 24.2 Å². The minimum absolute atomic E-state index is 0.0227. The molecule has 2 aromatic rings. The normalized spacial score (nSPS) is 17.2. The summed E-state index contributed by atoms with van der Waals surface area (Å²) in [7, 11) is 0. The Morgan fingerprint density at radius 2 is 2.04 bits per heavy atom. The highest BCUT2D eigenvalue weighted by molar-refractivity contribution is 7.99. The maximum Gasteiger partial charge on any atom is 0.224 e. The lowest BCUT2D eigenvalue weighted by molar-refractivity contribution is -0.125. The van der Waals surface area contributed by atoms with Gasteiger partial charge in [-0.2, -0.15) is 0 Å². The van der Waals surface area contributed by atoms with Gasteiger partial charge in [-0.25, -0.2) is 9.97 Å². The molecule has 6 heteroatoms. The van der Waals surface area contributed by atoms with Crippen LogP contribution in [0.4, 0.5) is 5.82 Å². The van der Waals surface area contributed by atoms with E-state index < -0.39 is 0 Å². The third-order valence-corrected chi connectivity index (χ3v) is 5.51. The number of carbonyl (C=O) groups excluding carboxylic acids is 1. The zero-order chi connectivity index (χ0) is 18.4. The molecule has 3 rings (SSSR count). The van der Waals surface area contributed by atoms with Crippen molar-refractivity contribution in [1.29, 1.82) is 0 Å². The molecule has 1 fully saturated rings. The summed E-state index contributed by atoms with van der Waals surface area (Å²) in [4.78, 5) is 24.9. The largest absolute Gasteiger partial charge is 0.356 e. The molecule has 1 aromatic heterocycles. The van der Waals surface area contributed by atoms with E-state index in [4.69, 9.17) is 0 Å². The minimum atomic E-state index is 0.0227. The quantitative estimate of drug-likeness (QED) is 0.841. The summed E-state index contributed by atoms with van der Waals surface area (Å²) in [5.74, 6) is 1.06. The Morgan fingerprint density at radius 1 is 1.27 bits per heavy atom. The number of amides is 1. The molecule has 26 heavy (non-hydrogen) atoms. The van der Waals surface area contributed by atoms with E-state index in [2.05, 4.69) is 58.3 Å². The molecule has 1 aliphatic heterocycles. The van der Waals surface area contributed by atoms with E-state index in [0.717, 1.165) is 48.1 Å². The van der Waals surface area contributed by atoms with Gasteiger partial charge in [0.25, 0.3) is 0 Å². The number of hydrogen-bond donors (Lipinski definition) is 1. The summed E-state index contributed by atoms with van der Waals surface area (Å²) in [5.41, 5.74) is 1.24. The number of aromatic nitrogens is 2. The topological polar surface area (TPSA) is 58.1 Å². The predicted molar refractivity (Wildman–Crippen MR) is 106 cm³/mol. The molecule has 138 valence electrons. The summed E-state index contributed by atoms with van der Waals surface area (Å²) >= 11 is 1.62. The van der Waals surface area contributed by atoms with Gasteiger partial charge in [0.2, 0.25) is 5.91 Å². The van der Waals surface area contributed by atoms with Crippen molar-refractivity contribution in [2.45, 2.75) is 43.0 Å². The molecule has 1 unspecified atom stereocenters. The molecule has 0 bridgehead atoms. The fourth-order valence-electron chi connectivity index (χ4n) is 3.10. The first-order chi connectivity index (χ1) is 12.7. The Labute approximate surface area is 159 Å². The van der Waals surface area contributed by atoms with Gasteiger partial charge in [-0.15, -0.1) is 0 Å². The molecule has 1 amide bonds. The van der Waals surface area contributed by atoms with Crippen LogP contribution in [0, 0.1) is 12.8 Å². The third-order valence-electron chi connectivity index (χ3n) is 4.52. The fraction of sp³-hybridized carbons (Fsp3) is 0.450. The summed E-state index contributed by atoms with van der Waals surface area (Å²) in [6, 6.07) is 8.42. The van der Waals surface area contributed by atoms with E-state index in [9.17, 15) is 4.79 Å². The van der Waals surface area contributed by atoms with Crippen molar-refractivity contribution in [1.82, 2.24) is 15.3 Å². The number of benzene rings is 1. The summed E-state index contributed by atoms with van der Waals surface area (Å²) in [5, 5.41) is 3.92. The number of rotatable bonds is 6. The molecule has 1 aromatic carbocycles. The summed E-state index contributed by atoms with van der Waals surface area (Å²) in [6.07, 6.45) is 6.36. The maximum absolute atomic E-state index is 12.4. The van der Waals surface area contributed by atoms with Gasteiger partial charge in [0.15, 0.2) is 5.82 Å². The zero-order valence-electron chi connectivity index (χ0n) is 15.4. The number of hydrogen-bond acceptors (Lipinski definition) is 5. The molecule has 1 atom stereocenters. The monoisotopic (exact) mass is 370 g/mol. The van der Waals surface area contributed by atoms with Crippen molar-refractivity contribution in [3.05, 3.63) is 42.2 Å². The highest BCUT2D eigenvalue weighted by atomic mass is 32.2. The minimum Gasteiger partial charge on any atom is -0.356 e. The molecule has 1 saturated heterocycles. The van der Waals surface area contributed by atoms with Gasteiger partial charge in [-0.1, -0.05) is 36.4 Å². The SMILES string of the molecule is CCCNC(=O)C1CCCN(c2nccnc2Sc2ccc(C)cc2)C1. The van der Waals surface area contributed by atoms with Crippen LogP contribution in [0.1, 0.15) is 31.7 Å². The molecule has 1 aliphatic rings. The lowest BCUT2D eigenvalue weighted by Crippen LogP contribution is -2.43. The van der Waals surface area contributed by atoms with Crippen molar-refractivity contribution < 1.29 is 4.79 Å². The fourth-order valence-corrected chi connectivity index (χ4v) is 3.98. The molecular weight excluding hydrogens is 344 g/mol. The van der Waals surface area contributed by atoms with Crippen LogP contribution in [0.15, 0.2) is 46.6 Å². The second-order valence-corrected chi connectivity index (χ2v) is 7.74. The summed E-state index contributed by atoms with van der Waals surface area (Å²) in [6.45, 7) is 6.52. The Kier molecular flexibility index (Phi) is 6.50. The Morgan fingerprint density at radius 3 is 2.81 bits per heavy atom. The Balaban J connectivity index is 1.74. The Bertz CT molecular complexity index is 735. The molecule has 0 aliphatic carbocycles. The van der Waals surface area contributed by atoms with Crippen LogP contribution >= 0.6 is 11.8 Å². The van der Waals surface area contributed by atoms with Crippen LogP contribution in [-0.2, 0) is 4.79 Å². The third kappa shape index (κ3) is 4.75. The van der Waals surface area contributed by atoms with Gasteiger partial charge in [-0.05, 0) is 38.3 Å². The van der Waals surface area contributed by atoms with Crippen molar-refractivity contribution in [2.24, 2.45) is 5.92 Å². The summed E-state index contributed by atoms with van der Waals surface area (Å²) < 4.78 is 0. The number of piperidine rings is 1. The van der Waals surface area contributed by atoms with Crippen molar-refractivity contribution in [3.63, 3.8) is 0 Å². The molecule has 5 nitrogen and oxygen atoms in total. The average Bonchev–Trinajstić information content (AvgIpc) is 2.68. The smallest absolute Gasteiger partial charge is 0.224 e. The molecule has 0 saturated carbocycles. The van der Waals surface area contributed by atoms with Crippen molar-refractivity contribution in [2.75, 3.05) is 24.5 Å². The molecular formula is C20H26N4OS. The van der Waals surface area contributed by atoms with Crippen LogP contribution < -0.4 is 10.2 Å². The van der Waals surface area contributed by atoms with Crippen molar-refractivity contribution in [3.8, 4) is 0 Å².